The van der Waals surface area contributed by atoms with E-state index in [1.165, 1.54) is 6.07 Å². The number of halogens is 2. The van der Waals surface area contributed by atoms with Crippen LogP contribution in [0.5, 0.6) is 0 Å². The molecule has 0 aliphatic rings. The quantitative estimate of drug-likeness (QED) is 0.611. The molecule has 0 heterocycles. The first-order chi connectivity index (χ1) is 9.60. The van der Waals surface area contributed by atoms with E-state index < -0.39 is 5.82 Å². The number of benzene rings is 2. The molecule has 2 nitrogen and oxygen atoms in total. The SMILES string of the molecule is CSc1ccc(NC(=S)Nc2cccc(Cl)c2F)cc1. The number of anilines is 2. The number of thiocarbonyl (C=S) groups is 1. The van der Waals surface area contributed by atoms with E-state index in [2.05, 4.69) is 10.6 Å². The van der Waals surface area contributed by atoms with Gasteiger partial charge in [0.25, 0.3) is 0 Å². The number of thioether (sulfide) groups is 1. The van der Waals surface area contributed by atoms with Gasteiger partial charge in [-0.15, -0.1) is 11.8 Å². The molecule has 6 heteroatoms. The smallest absolute Gasteiger partial charge is 0.175 e. The van der Waals surface area contributed by atoms with Gasteiger partial charge in [-0.3, -0.25) is 0 Å². The predicted octanol–water partition coefficient (Wildman–Crippen LogP) is 5.01. The van der Waals surface area contributed by atoms with Gasteiger partial charge < -0.3 is 10.6 Å². The molecule has 0 radical (unpaired) electrons. The third-order valence-corrected chi connectivity index (χ3v) is 3.79. The summed E-state index contributed by atoms with van der Waals surface area (Å²) in [7, 11) is 0. The number of hydrogen-bond donors (Lipinski definition) is 2. The highest BCUT2D eigenvalue weighted by atomic mass is 35.5. The fourth-order valence-electron chi connectivity index (χ4n) is 1.56. The van der Waals surface area contributed by atoms with Crippen molar-refractivity contribution in [2.24, 2.45) is 0 Å². The summed E-state index contributed by atoms with van der Waals surface area (Å²) in [6.07, 6.45) is 2.01. The van der Waals surface area contributed by atoms with Gasteiger partial charge >= 0.3 is 0 Å². The molecule has 2 N–H and O–H groups in total. The molecule has 0 saturated heterocycles. The van der Waals surface area contributed by atoms with Crippen molar-refractivity contribution in [3.05, 3.63) is 53.3 Å². The summed E-state index contributed by atoms with van der Waals surface area (Å²) >= 11 is 12.5. The van der Waals surface area contributed by atoms with Gasteiger partial charge in [0.1, 0.15) is 0 Å². The van der Waals surface area contributed by atoms with E-state index in [-0.39, 0.29) is 10.7 Å². The molecule has 2 aromatic carbocycles. The van der Waals surface area contributed by atoms with Crippen molar-refractivity contribution >= 4 is 52.1 Å². The van der Waals surface area contributed by atoms with Crippen LogP contribution in [0.4, 0.5) is 15.8 Å². The Morgan fingerprint density at radius 3 is 2.50 bits per heavy atom. The van der Waals surface area contributed by atoms with Gasteiger partial charge in [0.05, 0.1) is 10.7 Å². The Kier molecular flexibility index (Phi) is 5.23. The summed E-state index contributed by atoms with van der Waals surface area (Å²) in [6.45, 7) is 0. The Labute approximate surface area is 131 Å². The molecule has 0 saturated carbocycles. The molecular formula is C14H12ClFN2S2. The van der Waals surface area contributed by atoms with Crippen LogP contribution in [0, 0.1) is 5.82 Å². The van der Waals surface area contributed by atoms with Crippen LogP contribution in [0.15, 0.2) is 47.4 Å². The minimum Gasteiger partial charge on any atom is -0.332 e. The summed E-state index contributed by atoms with van der Waals surface area (Å²) in [4.78, 5) is 1.16. The second-order valence-corrected chi connectivity index (χ2v) is 5.60. The lowest BCUT2D eigenvalue weighted by Crippen LogP contribution is -2.19. The normalized spacial score (nSPS) is 10.2. The van der Waals surface area contributed by atoms with E-state index in [0.29, 0.717) is 5.11 Å². The van der Waals surface area contributed by atoms with Gasteiger partial charge in [0.15, 0.2) is 10.9 Å². The summed E-state index contributed by atoms with van der Waals surface area (Å²) in [5.41, 5.74) is 1.08. The molecule has 2 aromatic rings. The Morgan fingerprint density at radius 2 is 1.85 bits per heavy atom. The van der Waals surface area contributed by atoms with E-state index in [1.807, 2.05) is 30.5 Å². The van der Waals surface area contributed by atoms with Crippen LogP contribution < -0.4 is 10.6 Å². The summed E-state index contributed by atoms with van der Waals surface area (Å²) in [5.74, 6) is -0.518. The highest BCUT2D eigenvalue weighted by Crippen LogP contribution is 2.22. The maximum Gasteiger partial charge on any atom is 0.175 e. The molecule has 2 rings (SSSR count). The maximum atomic E-state index is 13.7. The number of hydrogen-bond acceptors (Lipinski definition) is 2. The molecule has 20 heavy (non-hydrogen) atoms. The van der Waals surface area contributed by atoms with E-state index in [9.17, 15) is 4.39 Å². The minimum atomic E-state index is -0.518. The van der Waals surface area contributed by atoms with Gasteiger partial charge in [-0.2, -0.15) is 0 Å². The third-order valence-electron chi connectivity index (χ3n) is 2.55. The zero-order valence-corrected chi connectivity index (χ0v) is 13.0. The number of nitrogens with one attached hydrogen (secondary N) is 2. The van der Waals surface area contributed by atoms with Gasteiger partial charge in [-0.1, -0.05) is 17.7 Å². The van der Waals surface area contributed by atoms with Crippen LogP contribution in [-0.4, -0.2) is 11.4 Å². The molecule has 0 aliphatic heterocycles. The van der Waals surface area contributed by atoms with Gasteiger partial charge in [-0.05, 0) is 54.9 Å². The summed E-state index contributed by atoms with van der Waals surface area (Å²) < 4.78 is 13.7. The van der Waals surface area contributed by atoms with Crippen LogP contribution in [0.3, 0.4) is 0 Å². The summed E-state index contributed by atoms with van der Waals surface area (Å²) in [6, 6.07) is 12.5. The highest BCUT2D eigenvalue weighted by molar-refractivity contribution is 7.98. The van der Waals surface area contributed by atoms with Crippen LogP contribution in [0.25, 0.3) is 0 Å². The van der Waals surface area contributed by atoms with Gasteiger partial charge in [0, 0.05) is 10.6 Å². The Bertz CT molecular complexity index is 617. The van der Waals surface area contributed by atoms with Crippen molar-refractivity contribution in [3.8, 4) is 0 Å². The average Bonchev–Trinajstić information content (AvgIpc) is 2.45. The molecule has 0 atom stereocenters. The van der Waals surface area contributed by atoms with Crippen molar-refractivity contribution in [2.75, 3.05) is 16.9 Å². The van der Waals surface area contributed by atoms with Crippen LogP contribution in [0.2, 0.25) is 5.02 Å². The average molecular weight is 327 g/mol. The predicted molar refractivity (Wildman–Crippen MR) is 89.5 cm³/mol. The van der Waals surface area contributed by atoms with Crippen molar-refractivity contribution < 1.29 is 4.39 Å². The molecular weight excluding hydrogens is 315 g/mol. The number of rotatable bonds is 3. The molecule has 0 aromatic heterocycles. The van der Waals surface area contributed by atoms with E-state index in [4.69, 9.17) is 23.8 Å². The van der Waals surface area contributed by atoms with Crippen LogP contribution in [0.1, 0.15) is 0 Å². The zero-order valence-electron chi connectivity index (χ0n) is 10.6. The zero-order chi connectivity index (χ0) is 14.5. The first-order valence-electron chi connectivity index (χ1n) is 5.76. The molecule has 0 fully saturated rings. The van der Waals surface area contributed by atoms with Crippen molar-refractivity contribution in [3.63, 3.8) is 0 Å². The van der Waals surface area contributed by atoms with Crippen LogP contribution >= 0.6 is 35.6 Å². The largest absolute Gasteiger partial charge is 0.332 e. The Hall–Kier alpha value is -1.30. The van der Waals surface area contributed by atoms with Gasteiger partial charge in [-0.25, -0.2) is 4.39 Å². The van der Waals surface area contributed by atoms with Crippen molar-refractivity contribution in [1.82, 2.24) is 0 Å². The topological polar surface area (TPSA) is 24.1 Å². The molecule has 0 aliphatic carbocycles. The second kappa shape index (κ2) is 6.92. The molecule has 0 unspecified atom stereocenters. The fourth-order valence-corrected chi connectivity index (χ4v) is 2.37. The summed E-state index contributed by atoms with van der Waals surface area (Å²) in [5, 5.41) is 6.14. The Morgan fingerprint density at radius 1 is 1.15 bits per heavy atom. The minimum absolute atomic E-state index is 0.0575. The lowest BCUT2D eigenvalue weighted by atomic mass is 10.3. The van der Waals surface area contributed by atoms with E-state index in [1.54, 1.807) is 23.9 Å². The molecule has 104 valence electrons. The second-order valence-electron chi connectivity index (χ2n) is 3.91. The fraction of sp³-hybridized carbons (Fsp3) is 0.0714. The van der Waals surface area contributed by atoms with Crippen LogP contribution in [-0.2, 0) is 0 Å². The molecule has 0 amide bonds. The monoisotopic (exact) mass is 326 g/mol. The van der Waals surface area contributed by atoms with Crippen molar-refractivity contribution in [1.29, 1.82) is 0 Å². The lowest BCUT2D eigenvalue weighted by Gasteiger charge is -2.12. The van der Waals surface area contributed by atoms with Crippen molar-refractivity contribution in [2.45, 2.75) is 4.90 Å². The highest BCUT2D eigenvalue weighted by Gasteiger charge is 2.07. The lowest BCUT2D eigenvalue weighted by molar-refractivity contribution is 0.632. The third kappa shape index (κ3) is 3.85. The first kappa shape index (κ1) is 15.1. The Balaban J connectivity index is 2.03. The maximum absolute atomic E-state index is 13.7. The molecule has 0 spiro atoms. The van der Waals surface area contributed by atoms with Gasteiger partial charge in [0.2, 0.25) is 0 Å². The standard InChI is InChI=1S/C14H12ClFN2S2/c1-20-10-7-5-9(6-8-10)17-14(19)18-12-4-2-3-11(15)13(12)16/h2-8H,1H3,(H2,17,18,19). The van der Waals surface area contributed by atoms with E-state index >= 15 is 0 Å². The molecule has 0 bridgehead atoms. The van der Waals surface area contributed by atoms with E-state index in [0.717, 1.165) is 10.6 Å². The first-order valence-corrected chi connectivity index (χ1v) is 7.77.